The molecule has 2 rings (SSSR count). The molecule has 1 aromatic rings. The Hall–Kier alpha value is -1.07. The van der Waals surface area contributed by atoms with Gasteiger partial charge in [0.1, 0.15) is 0 Å². The van der Waals surface area contributed by atoms with Gasteiger partial charge >= 0.3 is 0 Å². The molecule has 0 saturated heterocycles. The molecular formula is C12H17NO3S. The first-order chi connectivity index (χ1) is 8.06. The van der Waals surface area contributed by atoms with Gasteiger partial charge in [-0.15, -0.1) is 0 Å². The molecule has 94 valence electrons. The second-order valence-electron chi connectivity index (χ2n) is 4.36. The quantitative estimate of drug-likeness (QED) is 0.643. The number of benzene rings is 1. The normalized spacial score (nSPS) is 15.0. The van der Waals surface area contributed by atoms with Crippen LogP contribution < -0.4 is 4.90 Å². The van der Waals surface area contributed by atoms with Gasteiger partial charge in [-0.3, -0.25) is 4.55 Å². The molecule has 0 aliphatic carbocycles. The Morgan fingerprint density at radius 2 is 2.00 bits per heavy atom. The Bertz CT molecular complexity index is 484. The van der Waals surface area contributed by atoms with Gasteiger partial charge in [0.15, 0.2) is 0 Å². The average molecular weight is 255 g/mol. The lowest BCUT2D eigenvalue weighted by Crippen LogP contribution is -2.22. The molecular weight excluding hydrogens is 238 g/mol. The van der Waals surface area contributed by atoms with Crippen molar-refractivity contribution in [1.29, 1.82) is 0 Å². The third kappa shape index (κ3) is 3.44. The molecule has 17 heavy (non-hydrogen) atoms. The Morgan fingerprint density at radius 1 is 1.24 bits per heavy atom. The van der Waals surface area contributed by atoms with Gasteiger partial charge in [0.05, 0.1) is 5.75 Å². The number of hydrogen-bond donors (Lipinski definition) is 1. The summed E-state index contributed by atoms with van der Waals surface area (Å²) in [5.74, 6) is -0.136. The highest BCUT2D eigenvalue weighted by Crippen LogP contribution is 2.27. The fourth-order valence-electron chi connectivity index (χ4n) is 2.23. The molecule has 0 amide bonds. The highest BCUT2D eigenvalue weighted by atomic mass is 32.2. The van der Waals surface area contributed by atoms with Crippen LogP contribution in [0.5, 0.6) is 0 Å². The first-order valence-electron chi connectivity index (χ1n) is 5.84. The topological polar surface area (TPSA) is 57.6 Å². The molecule has 1 aromatic carbocycles. The lowest BCUT2D eigenvalue weighted by molar-refractivity contribution is 0.480. The molecule has 1 N–H and O–H groups in total. The Morgan fingerprint density at radius 3 is 2.76 bits per heavy atom. The van der Waals surface area contributed by atoms with Crippen LogP contribution >= 0.6 is 0 Å². The van der Waals surface area contributed by atoms with E-state index in [1.54, 1.807) is 0 Å². The third-order valence-electron chi connectivity index (χ3n) is 3.06. The van der Waals surface area contributed by atoms with Crippen LogP contribution in [0, 0.1) is 0 Å². The van der Waals surface area contributed by atoms with E-state index in [0.29, 0.717) is 6.42 Å². The van der Waals surface area contributed by atoms with Gasteiger partial charge in [-0.25, -0.2) is 0 Å². The Kier molecular flexibility index (Phi) is 3.69. The standard InChI is InChI=1S/C12H17NO3S/c14-17(15,16)10-4-3-8-13-9-7-11-5-1-2-6-12(11)13/h1-2,5-6H,3-4,7-10H2,(H,14,15,16). The second-order valence-corrected chi connectivity index (χ2v) is 5.93. The predicted octanol–water partition coefficient (Wildman–Crippen LogP) is 1.72. The summed E-state index contributed by atoms with van der Waals surface area (Å²) >= 11 is 0. The third-order valence-corrected chi connectivity index (χ3v) is 3.87. The van der Waals surface area contributed by atoms with E-state index in [1.807, 2.05) is 12.1 Å². The van der Waals surface area contributed by atoms with Crippen molar-refractivity contribution < 1.29 is 13.0 Å². The number of nitrogens with zero attached hydrogens (tertiary/aromatic N) is 1. The minimum Gasteiger partial charge on any atom is -0.371 e. The number of unbranched alkanes of at least 4 members (excludes halogenated alkanes) is 1. The van der Waals surface area contributed by atoms with Crippen LogP contribution in [0.25, 0.3) is 0 Å². The monoisotopic (exact) mass is 255 g/mol. The highest BCUT2D eigenvalue weighted by molar-refractivity contribution is 7.85. The van der Waals surface area contributed by atoms with Gasteiger partial charge in [0.2, 0.25) is 0 Å². The first kappa shape index (κ1) is 12.4. The fourth-order valence-corrected chi connectivity index (χ4v) is 2.79. The average Bonchev–Trinajstić information content (AvgIpc) is 2.67. The maximum Gasteiger partial charge on any atom is 0.264 e. The molecule has 0 spiro atoms. The van der Waals surface area contributed by atoms with Crippen molar-refractivity contribution in [2.45, 2.75) is 19.3 Å². The summed E-state index contributed by atoms with van der Waals surface area (Å²) in [5.41, 5.74) is 2.63. The van der Waals surface area contributed by atoms with Crippen molar-refractivity contribution in [2.24, 2.45) is 0 Å². The van der Waals surface area contributed by atoms with E-state index in [1.165, 1.54) is 11.3 Å². The second kappa shape index (κ2) is 5.06. The van der Waals surface area contributed by atoms with Gasteiger partial charge in [-0.2, -0.15) is 8.42 Å². The Labute approximate surface area is 102 Å². The molecule has 0 fully saturated rings. The maximum atomic E-state index is 10.6. The van der Waals surface area contributed by atoms with E-state index in [9.17, 15) is 8.42 Å². The van der Waals surface area contributed by atoms with E-state index in [0.717, 1.165) is 25.9 Å². The molecule has 0 bridgehead atoms. The van der Waals surface area contributed by atoms with Crippen LogP contribution in [0.15, 0.2) is 24.3 Å². The van der Waals surface area contributed by atoms with Crippen molar-refractivity contribution in [3.8, 4) is 0 Å². The molecule has 4 nitrogen and oxygen atoms in total. The zero-order valence-corrected chi connectivity index (χ0v) is 10.5. The molecule has 5 heteroatoms. The van der Waals surface area contributed by atoms with Crippen molar-refractivity contribution in [1.82, 2.24) is 0 Å². The molecule has 1 aliphatic rings. The molecule has 1 aliphatic heterocycles. The molecule has 0 saturated carbocycles. The Balaban J connectivity index is 1.82. The molecule has 0 atom stereocenters. The zero-order chi connectivity index (χ0) is 12.3. The van der Waals surface area contributed by atoms with Crippen LogP contribution in [0.2, 0.25) is 0 Å². The van der Waals surface area contributed by atoms with Gasteiger partial charge < -0.3 is 4.90 Å². The van der Waals surface area contributed by atoms with Gasteiger partial charge in [-0.05, 0) is 30.9 Å². The predicted molar refractivity (Wildman–Crippen MR) is 68.0 cm³/mol. The number of hydrogen-bond acceptors (Lipinski definition) is 3. The molecule has 0 radical (unpaired) electrons. The van der Waals surface area contributed by atoms with Gasteiger partial charge in [0, 0.05) is 18.8 Å². The summed E-state index contributed by atoms with van der Waals surface area (Å²) in [6, 6.07) is 8.30. The number of para-hydroxylation sites is 1. The largest absolute Gasteiger partial charge is 0.371 e. The van der Waals surface area contributed by atoms with Gasteiger partial charge in [0.25, 0.3) is 10.1 Å². The smallest absolute Gasteiger partial charge is 0.264 e. The first-order valence-corrected chi connectivity index (χ1v) is 7.45. The fraction of sp³-hybridized carbons (Fsp3) is 0.500. The summed E-state index contributed by atoms with van der Waals surface area (Å²) in [7, 11) is -3.80. The lowest BCUT2D eigenvalue weighted by Gasteiger charge is -2.18. The molecule has 0 aromatic heterocycles. The van der Waals surface area contributed by atoms with Crippen LogP contribution in [-0.4, -0.2) is 31.8 Å². The van der Waals surface area contributed by atoms with Crippen LogP contribution in [0.3, 0.4) is 0 Å². The molecule has 1 heterocycles. The van der Waals surface area contributed by atoms with E-state index in [4.69, 9.17) is 4.55 Å². The minimum absolute atomic E-state index is 0.136. The number of rotatable bonds is 5. The summed E-state index contributed by atoms with van der Waals surface area (Å²) < 4.78 is 29.8. The van der Waals surface area contributed by atoms with Crippen molar-refractivity contribution in [2.75, 3.05) is 23.7 Å². The van der Waals surface area contributed by atoms with Crippen LogP contribution in [-0.2, 0) is 16.5 Å². The maximum absolute atomic E-state index is 10.6. The van der Waals surface area contributed by atoms with Gasteiger partial charge in [-0.1, -0.05) is 18.2 Å². The van der Waals surface area contributed by atoms with E-state index in [2.05, 4.69) is 17.0 Å². The van der Waals surface area contributed by atoms with Crippen LogP contribution in [0.4, 0.5) is 5.69 Å². The van der Waals surface area contributed by atoms with E-state index < -0.39 is 10.1 Å². The van der Waals surface area contributed by atoms with Crippen molar-refractivity contribution in [3.05, 3.63) is 29.8 Å². The lowest BCUT2D eigenvalue weighted by atomic mass is 10.2. The van der Waals surface area contributed by atoms with Crippen molar-refractivity contribution in [3.63, 3.8) is 0 Å². The van der Waals surface area contributed by atoms with Crippen LogP contribution in [0.1, 0.15) is 18.4 Å². The summed E-state index contributed by atoms with van der Waals surface area (Å²) in [6.07, 6.45) is 2.36. The minimum atomic E-state index is -3.80. The summed E-state index contributed by atoms with van der Waals surface area (Å²) in [5, 5.41) is 0. The number of fused-ring (bicyclic) bond motifs is 1. The zero-order valence-electron chi connectivity index (χ0n) is 9.67. The van der Waals surface area contributed by atoms with Crippen molar-refractivity contribution >= 4 is 15.8 Å². The molecule has 0 unspecified atom stereocenters. The van der Waals surface area contributed by atoms with E-state index in [-0.39, 0.29) is 5.75 Å². The van der Waals surface area contributed by atoms with E-state index >= 15 is 0 Å². The summed E-state index contributed by atoms with van der Waals surface area (Å²) in [4.78, 5) is 2.28. The SMILES string of the molecule is O=S(=O)(O)CCCCN1CCc2ccccc21. The summed E-state index contributed by atoms with van der Waals surface area (Å²) in [6.45, 7) is 1.86. The number of anilines is 1. The highest BCUT2D eigenvalue weighted by Gasteiger charge is 2.17.